The van der Waals surface area contributed by atoms with Gasteiger partial charge in [0.1, 0.15) is 30.0 Å². The molecule has 3 rings (SSSR count). The van der Waals surface area contributed by atoms with E-state index in [1.54, 1.807) is 6.92 Å². The average molecular weight is 405 g/mol. The molecule has 150 valence electrons. The molecule has 1 saturated heterocycles. The van der Waals surface area contributed by atoms with Gasteiger partial charge in [-0.1, -0.05) is 0 Å². The van der Waals surface area contributed by atoms with E-state index in [2.05, 4.69) is 15.1 Å². The molecule has 1 unspecified atom stereocenters. The van der Waals surface area contributed by atoms with Gasteiger partial charge in [0.2, 0.25) is 0 Å². The van der Waals surface area contributed by atoms with Crippen molar-refractivity contribution in [3.05, 3.63) is 12.0 Å². The van der Waals surface area contributed by atoms with E-state index in [9.17, 15) is 14.8 Å². The number of hydrogen-bond acceptors (Lipinski definition) is 10. The van der Waals surface area contributed by atoms with E-state index < -0.39 is 51.2 Å². The second-order valence-electron chi connectivity index (χ2n) is 6.09. The number of anilines is 1. The van der Waals surface area contributed by atoms with Crippen LogP contribution in [0.2, 0.25) is 0 Å². The first kappa shape index (κ1) is 20.0. The number of fused-ring (bicyclic) bond motifs is 1. The number of nitrogen functional groups attached to an aromatic ring is 1. The minimum absolute atomic E-state index is 0.198. The Labute approximate surface area is 152 Å². The standard InChI is InChI=1S/C13H20N5O8P/c1-5-16-11(14)6-2-15-18(12(6)17-5)13-10(21)9(20)7(26-13)4-25-8(3-19)27(22,23)24/h2,7-10,13,19-21H,3-4H2,1H3,(H2,14,16,17)(H2,22,23,24)/t7-,8?,9-,10-,13-/m1/s1. The van der Waals surface area contributed by atoms with Gasteiger partial charge in [0.15, 0.2) is 17.7 Å². The highest BCUT2D eigenvalue weighted by molar-refractivity contribution is 7.52. The smallest absolute Gasteiger partial charge is 0.356 e. The second kappa shape index (κ2) is 7.37. The van der Waals surface area contributed by atoms with Crippen molar-refractivity contribution in [3.63, 3.8) is 0 Å². The van der Waals surface area contributed by atoms with Crippen LogP contribution in [-0.2, 0) is 14.0 Å². The lowest BCUT2D eigenvalue weighted by atomic mass is 10.1. The molecule has 0 aliphatic carbocycles. The molecule has 1 fully saturated rings. The van der Waals surface area contributed by atoms with Crippen molar-refractivity contribution in [2.45, 2.75) is 37.3 Å². The van der Waals surface area contributed by atoms with Crippen LogP contribution in [0.1, 0.15) is 12.1 Å². The van der Waals surface area contributed by atoms with Crippen LogP contribution in [0.4, 0.5) is 5.82 Å². The molecule has 2 aromatic heterocycles. The number of nitrogens with two attached hydrogens (primary N) is 1. The average Bonchev–Trinajstić information content (AvgIpc) is 3.10. The van der Waals surface area contributed by atoms with Crippen LogP contribution in [-0.4, -0.2) is 82.2 Å². The van der Waals surface area contributed by atoms with Crippen LogP contribution in [0.3, 0.4) is 0 Å². The van der Waals surface area contributed by atoms with Gasteiger partial charge in [-0.3, -0.25) is 4.57 Å². The SMILES string of the molecule is Cc1nc(N)c2cnn([C@@H]3O[C@H](COC(CO)P(=O)(O)O)[C@@H](O)[C@H]3O)c2n1. The zero-order valence-electron chi connectivity index (χ0n) is 14.2. The van der Waals surface area contributed by atoms with Crippen molar-refractivity contribution in [2.24, 2.45) is 0 Å². The summed E-state index contributed by atoms with van der Waals surface area (Å²) in [5.74, 6) is -1.18. The summed E-state index contributed by atoms with van der Waals surface area (Å²) in [5, 5.41) is 34.0. The molecule has 0 amide bonds. The summed E-state index contributed by atoms with van der Waals surface area (Å²) >= 11 is 0. The lowest BCUT2D eigenvalue weighted by Gasteiger charge is -2.20. The highest BCUT2D eigenvalue weighted by Crippen LogP contribution is 2.42. The molecule has 7 N–H and O–H groups in total. The molecule has 27 heavy (non-hydrogen) atoms. The fraction of sp³-hybridized carbons (Fsp3) is 0.615. The van der Waals surface area contributed by atoms with Crippen LogP contribution >= 0.6 is 7.60 Å². The largest absolute Gasteiger partial charge is 0.393 e. The first-order valence-corrected chi connectivity index (χ1v) is 9.58. The van der Waals surface area contributed by atoms with E-state index in [0.29, 0.717) is 16.9 Å². The van der Waals surface area contributed by atoms with Crippen molar-refractivity contribution < 1.29 is 39.1 Å². The van der Waals surface area contributed by atoms with Crippen molar-refractivity contribution >= 4 is 24.4 Å². The molecule has 0 spiro atoms. The number of aromatic nitrogens is 4. The molecule has 0 bridgehead atoms. The molecular formula is C13H20N5O8P. The Kier molecular flexibility index (Phi) is 5.47. The predicted molar refractivity (Wildman–Crippen MR) is 89.3 cm³/mol. The molecular weight excluding hydrogens is 385 g/mol. The summed E-state index contributed by atoms with van der Waals surface area (Å²) in [7, 11) is -4.69. The first-order chi connectivity index (χ1) is 12.6. The molecule has 0 radical (unpaired) electrons. The topological polar surface area (TPSA) is 206 Å². The van der Waals surface area contributed by atoms with Gasteiger partial charge in [0.05, 0.1) is 24.8 Å². The fourth-order valence-electron chi connectivity index (χ4n) is 2.78. The van der Waals surface area contributed by atoms with Crippen LogP contribution in [0.25, 0.3) is 11.0 Å². The van der Waals surface area contributed by atoms with Gasteiger partial charge >= 0.3 is 7.60 Å². The van der Waals surface area contributed by atoms with E-state index in [1.807, 2.05) is 0 Å². The van der Waals surface area contributed by atoms with Crippen LogP contribution in [0.5, 0.6) is 0 Å². The third-order valence-corrected chi connectivity index (χ3v) is 5.22. The highest BCUT2D eigenvalue weighted by Gasteiger charge is 2.45. The highest BCUT2D eigenvalue weighted by atomic mass is 31.2. The minimum atomic E-state index is -4.69. The quantitative estimate of drug-likeness (QED) is 0.284. The predicted octanol–water partition coefficient (Wildman–Crippen LogP) is -2.15. The third kappa shape index (κ3) is 3.81. The summed E-state index contributed by atoms with van der Waals surface area (Å²) < 4.78 is 23.0. The number of aryl methyl sites for hydroxylation is 1. The van der Waals surface area contributed by atoms with Crippen LogP contribution in [0.15, 0.2) is 6.20 Å². The number of hydrogen-bond donors (Lipinski definition) is 6. The Morgan fingerprint density at radius 3 is 2.70 bits per heavy atom. The Bertz CT molecular complexity index is 872. The van der Waals surface area contributed by atoms with Gasteiger partial charge in [0.25, 0.3) is 0 Å². The Morgan fingerprint density at radius 1 is 1.37 bits per heavy atom. The zero-order chi connectivity index (χ0) is 19.9. The Balaban J connectivity index is 1.80. The van der Waals surface area contributed by atoms with Crippen molar-refractivity contribution in [1.82, 2.24) is 19.7 Å². The second-order valence-corrected chi connectivity index (χ2v) is 7.84. The summed E-state index contributed by atoms with van der Waals surface area (Å²) in [6, 6.07) is 0. The molecule has 14 heteroatoms. The Morgan fingerprint density at radius 2 is 2.07 bits per heavy atom. The molecule has 0 aromatic carbocycles. The Hall–Kier alpha value is -1.70. The van der Waals surface area contributed by atoms with Crippen LogP contribution < -0.4 is 5.73 Å². The zero-order valence-corrected chi connectivity index (χ0v) is 15.0. The van der Waals surface area contributed by atoms with E-state index in [-0.39, 0.29) is 5.82 Å². The maximum absolute atomic E-state index is 11.2. The van der Waals surface area contributed by atoms with E-state index in [0.717, 1.165) is 0 Å². The lowest BCUT2D eigenvalue weighted by Crippen LogP contribution is -2.35. The maximum atomic E-state index is 11.2. The molecule has 13 nitrogen and oxygen atoms in total. The van der Waals surface area contributed by atoms with Crippen LogP contribution in [0, 0.1) is 6.92 Å². The van der Waals surface area contributed by atoms with Gasteiger partial charge in [-0.15, -0.1) is 0 Å². The van der Waals surface area contributed by atoms with E-state index in [1.165, 1.54) is 10.9 Å². The number of ether oxygens (including phenoxy) is 2. The lowest BCUT2D eigenvalue weighted by molar-refractivity contribution is -0.0807. The summed E-state index contributed by atoms with van der Waals surface area (Å²) in [6.45, 7) is 0.237. The number of nitrogens with zero attached hydrogens (tertiary/aromatic N) is 4. The number of aliphatic hydroxyl groups is 3. The fourth-order valence-corrected chi connectivity index (χ4v) is 3.27. The molecule has 1 aliphatic heterocycles. The first-order valence-electron chi connectivity index (χ1n) is 7.90. The summed E-state index contributed by atoms with van der Waals surface area (Å²) in [4.78, 5) is 26.4. The molecule has 2 aromatic rings. The summed E-state index contributed by atoms with van der Waals surface area (Å²) in [6.07, 6.45) is -3.70. The minimum Gasteiger partial charge on any atom is -0.393 e. The third-order valence-electron chi connectivity index (χ3n) is 4.16. The molecule has 0 saturated carbocycles. The van der Waals surface area contributed by atoms with Gasteiger partial charge in [-0.2, -0.15) is 5.10 Å². The van der Waals surface area contributed by atoms with Gasteiger partial charge in [-0.05, 0) is 6.92 Å². The monoisotopic (exact) mass is 405 g/mol. The number of aliphatic hydroxyl groups excluding tert-OH is 3. The van der Waals surface area contributed by atoms with Gasteiger partial charge in [-0.25, -0.2) is 14.6 Å². The molecule has 1 aliphatic rings. The van der Waals surface area contributed by atoms with Gasteiger partial charge in [0, 0.05) is 0 Å². The molecule has 5 atom stereocenters. The summed E-state index contributed by atoms with van der Waals surface area (Å²) in [5.41, 5.74) is 6.11. The normalized spacial score (nSPS) is 27.3. The van der Waals surface area contributed by atoms with Crippen molar-refractivity contribution in [2.75, 3.05) is 18.9 Å². The maximum Gasteiger partial charge on any atom is 0.356 e. The number of rotatable bonds is 6. The van der Waals surface area contributed by atoms with Crippen molar-refractivity contribution in [1.29, 1.82) is 0 Å². The molecule has 3 heterocycles. The van der Waals surface area contributed by atoms with Crippen molar-refractivity contribution in [3.8, 4) is 0 Å². The van der Waals surface area contributed by atoms with E-state index >= 15 is 0 Å². The van der Waals surface area contributed by atoms with Gasteiger partial charge < -0.3 is 40.3 Å². The van der Waals surface area contributed by atoms with E-state index in [4.69, 9.17) is 30.1 Å².